The number of amides is 1. The molecule has 1 aliphatic rings. The van der Waals surface area contributed by atoms with Crippen LogP contribution in [0.4, 0.5) is 5.69 Å². The number of rotatable bonds is 5. The van der Waals surface area contributed by atoms with Gasteiger partial charge in [0, 0.05) is 54.7 Å². The standard InChI is InChI=1S/C23H25BrN4O2/c1-16-4-3-5-20(17(16)2)27-12-14-28(15-13-27)22(29)11-10-21-25-23(26-30-21)18-6-8-19(24)9-7-18/h3-9H,10-15H2,1-2H3. The smallest absolute Gasteiger partial charge is 0.227 e. The van der Waals surface area contributed by atoms with Gasteiger partial charge in [-0.1, -0.05) is 33.2 Å². The van der Waals surface area contributed by atoms with Gasteiger partial charge in [0.2, 0.25) is 17.6 Å². The first-order valence-electron chi connectivity index (χ1n) is 10.2. The van der Waals surface area contributed by atoms with E-state index in [4.69, 9.17) is 4.52 Å². The fourth-order valence-corrected chi connectivity index (χ4v) is 3.98. The van der Waals surface area contributed by atoms with Crippen LogP contribution in [0.25, 0.3) is 11.4 Å². The van der Waals surface area contributed by atoms with Crippen LogP contribution in [0.15, 0.2) is 51.5 Å². The second kappa shape index (κ2) is 9.00. The minimum absolute atomic E-state index is 0.138. The van der Waals surface area contributed by atoms with Crippen molar-refractivity contribution in [3.8, 4) is 11.4 Å². The summed E-state index contributed by atoms with van der Waals surface area (Å²) in [5.41, 5.74) is 4.78. The Morgan fingerprint density at radius 2 is 1.80 bits per heavy atom. The molecule has 1 aromatic heterocycles. The number of halogens is 1. The minimum Gasteiger partial charge on any atom is -0.368 e. The van der Waals surface area contributed by atoms with Crippen molar-refractivity contribution in [2.24, 2.45) is 0 Å². The largest absolute Gasteiger partial charge is 0.368 e. The van der Waals surface area contributed by atoms with Crippen molar-refractivity contribution in [2.45, 2.75) is 26.7 Å². The van der Waals surface area contributed by atoms with E-state index in [2.05, 4.69) is 63.0 Å². The molecule has 1 saturated heterocycles. The van der Waals surface area contributed by atoms with Gasteiger partial charge >= 0.3 is 0 Å². The summed E-state index contributed by atoms with van der Waals surface area (Å²) in [6, 6.07) is 14.1. The number of hydrogen-bond donors (Lipinski definition) is 0. The molecule has 1 amide bonds. The van der Waals surface area contributed by atoms with Crippen molar-refractivity contribution in [1.29, 1.82) is 0 Å². The first-order valence-corrected chi connectivity index (χ1v) is 11.0. The molecule has 6 nitrogen and oxygen atoms in total. The third kappa shape index (κ3) is 4.56. The zero-order valence-electron chi connectivity index (χ0n) is 17.3. The zero-order valence-corrected chi connectivity index (χ0v) is 18.9. The molecule has 3 aromatic rings. The predicted molar refractivity (Wildman–Crippen MR) is 120 cm³/mol. The van der Waals surface area contributed by atoms with Crippen LogP contribution in [0.3, 0.4) is 0 Å². The molecule has 7 heteroatoms. The van der Waals surface area contributed by atoms with Crippen LogP contribution >= 0.6 is 15.9 Å². The van der Waals surface area contributed by atoms with Crippen LogP contribution < -0.4 is 4.90 Å². The Kier molecular flexibility index (Phi) is 6.18. The Bertz CT molecular complexity index is 1020. The molecular weight excluding hydrogens is 444 g/mol. The van der Waals surface area contributed by atoms with Crippen molar-refractivity contribution in [2.75, 3.05) is 31.1 Å². The van der Waals surface area contributed by atoms with E-state index in [1.165, 1.54) is 16.8 Å². The highest BCUT2D eigenvalue weighted by Gasteiger charge is 2.22. The van der Waals surface area contributed by atoms with Gasteiger partial charge in [0.15, 0.2) is 0 Å². The van der Waals surface area contributed by atoms with Crippen molar-refractivity contribution < 1.29 is 9.32 Å². The highest BCUT2D eigenvalue weighted by Crippen LogP contribution is 2.24. The fourth-order valence-electron chi connectivity index (χ4n) is 3.72. The second-order valence-corrected chi connectivity index (χ2v) is 8.52. The SMILES string of the molecule is Cc1cccc(N2CCN(C(=O)CCc3nc(-c4ccc(Br)cc4)no3)CC2)c1C. The maximum Gasteiger partial charge on any atom is 0.227 e. The van der Waals surface area contributed by atoms with Gasteiger partial charge in [-0.25, -0.2) is 0 Å². The molecule has 0 atom stereocenters. The predicted octanol–water partition coefficient (Wildman–Crippen LogP) is 4.40. The average Bonchev–Trinajstić information content (AvgIpc) is 3.24. The number of piperazine rings is 1. The molecule has 30 heavy (non-hydrogen) atoms. The Balaban J connectivity index is 1.29. The van der Waals surface area contributed by atoms with Gasteiger partial charge < -0.3 is 14.3 Å². The molecule has 0 saturated carbocycles. The molecule has 0 unspecified atom stereocenters. The zero-order chi connectivity index (χ0) is 21.1. The number of anilines is 1. The summed E-state index contributed by atoms with van der Waals surface area (Å²) in [6.07, 6.45) is 0.838. The number of aromatic nitrogens is 2. The van der Waals surface area contributed by atoms with Gasteiger partial charge in [-0.3, -0.25) is 4.79 Å². The molecule has 0 spiro atoms. The number of carbonyl (C=O) groups is 1. The van der Waals surface area contributed by atoms with Crippen LogP contribution in [0.1, 0.15) is 23.4 Å². The van der Waals surface area contributed by atoms with Crippen LogP contribution in [0, 0.1) is 13.8 Å². The van der Waals surface area contributed by atoms with E-state index in [0.29, 0.717) is 24.6 Å². The fraction of sp³-hybridized carbons (Fsp3) is 0.348. The lowest BCUT2D eigenvalue weighted by Gasteiger charge is -2.37. The molecule has 2 heterocycles. The topological polar surface area (TPSA) is 62.5 Å². The first-order chi connectivity index (χ1) is 14.5. The Hall–Kier alpha value is -2.67. The molecule has 1 fully saturated rings. The van der Waals surface area contributed by atoms with Gasteiger partial charge in [0.1, 0.15) is 0 Å². The van der Waals surface area contributed by atoms with E-state index in [9.17, 15) is 4.79 Å². The maximum absolute atomic E-state index is 12.7. The third-order valence-electron chi connectivity index (χ3n) is 5.67. The molecule has 4 rings (SSSR count). The van der Waals surface area contributed by atoms with Crippen LogP contribution in [0.5, 0.6) is 0 Å². The van der Waals surface area contributed by atoms with E-state index in [0.717, 1.165) is 36.2 Å². The summed E-state index contributed by atoms with van der Waals surface area (Å²) in [5.74, 6) is 1.18. The molecule has 1 aliphatic heterocycles. The van der Waals surface area contributed by atoms with E-state index in [1.807, 2.05) is 29.2 Å². The van der Waals surface area contributed by atoms with Gasteiger partial charge in [-0.2, -0.15) is 4.98 Å². The van der Waals surface area contributed by atoms with Crippen LogP contribution in [0.2, 0.25) is 0 Å². The number of carbonyl (C=O) groups excluding carboxylic acids is 1. The van der Waals surface area contributed by atoms with E-state index in [-0.39, 0.29) is 5.91 Å². The summed E-state index contributed by atoms with van der Waals surface area (Å²) in [7, 11) is 0. The number of benzene rings is 2. The number of hydrogen-bond acceptors (Lipinski definition) is 5. The molecule has 156 valence electrons. The van der Waals surface area contributed by atoms with Gasteiger partial charge in [0.05, 0.1) is 0 Å². The summed E-state index contributed by atoms with van der Waals surface area (Å²) in [5, 5.41) is 4.03. The molecular formula is C23H25BrN4O2. The van der Waals surface area contributed by atoms with E-state index < -0.39 is 0 Å². The average molecular weight is 469 g/mol. The first kappa shape index (κ1) is 20.6. The lowest BCUT2D eigenvalue weighted by molar-refractivity contribution is -0.131. The molecule has 0 radical (unpaired) electrons. The normalized spacial score (nSPS) is 14.2. The lowest BCUT2D eigenvalue weighted by atomic mass is 10.1. The summed E-state index contributed by atoms with van der Waals surface area (Å²) in [4.78, 5) is 21.4. The van der Waals surface area contributed by atoms with Crippen molar-refractivity contribution in [1.82, 2.24) is 15.0 Å². The highest BCUT2D eigenvalue weighted by atomic mass is 79.9. The van der Waals surface area contributed by atoms with Crippen molar-refractivity contribution >= 4 is 27.5 Å². The summed E-state index contributed by atoms with van der Waals surface area (Å²) < 4.78 is 6.33. The summed E-state index contributed by atoms with van der Waals surface area (Å²) >= 11 is 3.42. The van der Waals surface area contributed by atoms with Crippen LogP contribution in [-0.4, -0.2) is 47.1 Å². The lowest BCUT2D eigenvalue weighted by Crippen LogP contribution is -2.49. The monoisotopic (exact) mass is 468 g/mol. The van der Waals surface area contributed by atoms with Crippen molar-refractivity contribution in [3.05, 3.63) is 64.0 Å². The number of nitrogens with zero attached hydrogens (tertiary/aromatic N) is 4. The summed E-state index contributed by atoms with van der Waals surface area (Å²) in [6.45, 7) is 7.47. The Labute approximate surface area is 185 Å². The Morgan fingerprint density at radius 1 is 1.07 bits per heavy atom. The van der Waals surface area contributed by atoms with E-state index >= 15 is 0 Å². The van der Waals surface area contributed by atoms with Crippen molar-refractivity contribution in [3.63, 3.8) is 0 Å². The van der Waals surface area contributed by atoms with Gasteiger partial charge in [0.25, 0.3) is 0 Å². The number of aryl methyl sites for hydroxylation is 2. The van der Waals surface area contributed by atoms with E-state index in [1.54, 1.807) is 0 Å². The molecule has 2 aromatic carbocycles. The van der Waals surface area contributed by atoms with Crippen LogP contribution in [-0.2, 0) is 11.2 Å². The highest BCUT2D eigenvalue weighted by molar-refractivity contribution is 9.10. The molecule has 0 aliphatic carbocycles. The minimum atomic E-state index is 0.138. The maximum atomic E-state index is 12.7. The molecule has 0 bridgehead atoms. The van der Waals surface area contributed by atoms with Gasteiger partial charge in [-0.05, 0) is 55.3 Å². The second-order valence-electron chi connectivity index (χ2n) is 7.61. The van der Waals surface area contributed by atoms with Gasteiger partial charge in [-0.15, -0.1) is 0 Å². The third-order valence-corrected chi connectivity index (χ3v) is 6.20. The quantitative estimate of drug-likeness (QED) is 0.555. The molecule has 0 N–H and O–H groups in total. The Morgan fingerprint density at radius 3 is 2.53 bits per heavy atom.